The highest BCUT2D eigenvalue weighted by atomic mass is 31.2. The number of nitrogens with zero attached hydrogens (tertiary/aromatic N) is 1. The van der Waals surface area contributed by atoms with E-state index in [9.17, 15) is 19.0 Å². The Hall–Kier alpha value is -2.29. The van der Waals surface area contributed by atoms with E-state index in [0.29, 0.717) is 23.9 Å². The van der Waals surface area contributed by atoms with Crippen molar-refractivity contribution in [3.63, 3.8) is 0 Å². The van der Waals surface area contributed by atoms with Gasteiger partial charge in [0, 0.05) is 12.8 Å². The Bertz CT molecular complexity index is 1110. The maximum atomic E-state index is 12.6. The smallest absolute Gasteiger partial charge is 0.462 e. The van der Waals surface area contributed by atoms with Gasteiger partial charge in [0.2, 0.25) is 0 Å². The molecule has 9 nitrogen and oxygen atoms in total. The molecule has 0 aromatic rings. The van der Waals surface area contributed by atoms with E-state index < -0.39 is 32.5 Å². The molecule has 0 aromatic carbocycles. The van der Waals surface area contributed by atoms with Gasteiger partial charge >= 0.3 is 19.8 Å². The molecule has 0 aliphatic carbocycles. The van der Waals surface area contributed by atoms with Crippen molar-refractivity contribution < 1.29 is 42.1 Å². The fourth-order valence-electron chi connectivity index (χ4n) is 5.23. The van der Waals surface area contributed by atoms with Crippen molar-refractivity contribution in [1.82, 2.24) is 0 Å². The Morgan fingerprint density at radius 3 is 1.56 bits per heavy atom. The highest BCUT2D eigenvalue weighted by Gasteiger charge is 2.27. The highest BCUT2D eigenvalue weighted by Crippen LogP contribution is 2.43. The van der Waals surface area contributed by atoms with E-state index in [2.05, 4.69) is 62.5 Å². The van der Waals surface area contributed by atoms with Crippen LogP contribution >= 0.6 is 7.82 Å². The predicted molar refractivity (Wildman–Crippen MR) is 224 cm³/mol. The van der Waals surface area contributed by atoms with Crippen LogP contribution in [0.3, 0.4) is 0 Å². The first-order chi connectivity index (χ1) is 26.0. The molecule has 0 saturated carbocycles. The zero-order chi connectivity index (χ0) is 40.0. The lowest BCUT2D eigenvalue weighted by Crippen LogP contribution is -2.37. The van der Waals surface area contributed by atoms with Gasteiger partial charge in [0.05, 0.1) is 27.7 Å². The van der Waals surface area contributed by atoms with Gasteiger partial charge in [-0.3, -0.25) is 18.6 Å². The van der Waals surface area contributed by atoms with Gasteiger partial charge in [-0.15, -0.1) is 0 Å². The molecule has 2 atom stereocenters. The summed E-state index contributed by atoms with van der Waals surface area (Å²) < 4.78 is 34.1. The maximum Gasteiger partial charge on any atom is 0.472 e. The molecule has 1 N–H and O–H groups in total. The summed E-state index contributed by atoms with van der Waals surface area (Å²) >= 11 is 0. The molecule has 10 heteroatoms. The lowest BCUT2D eigenvalue weighted by Gasteiger charge is -2.24. The van der Waals surface area contributed by atoms with Crippen molar-refractivity contribution in [1.29, 1.82) is 0 Å². The van der Waals surface area contributed by atoms with Crippen LogP contribution < -0.4 is 0 Å². The Morgan fingerprint density at radius 1 is 0.574 bits per heavy atom. The van der Waals surface area contributed by atoms with Gasteiger partial charge in [0.25, 0.3) is 0 Å². The number of rotatable bonds is 37. The van der Waals surface area contributed by atoms with E-state index in [0.717, 1.165) is 44.9 Å². The van der Waals surface area contributed by atoms with Gasteiger partial charge in [0.15, 0.2) is 6.10 Å². The van der Waals surface area contributed by atoms with Crippen molar-refractivity contribution in [3.8, 4) is 0 Å². The monoisotopic (exact) mass is 781 g/mol. The molecule has 1 unspecified atom stereocenters. The Morgan fingerprint density at radius 2 is 1.04 bits per heavy atom. The van der Waals surface area contributed by atoms with Crippen LogP contribution in [-0.2, 0) is 32.7 Å². The van der Waals surface area contributed by atoms with Crippen molar-refractivity contribution in [2.75, 3.05) is 47.5 Å². The second-order valence-corrected chi connectivity index (χ2v) is 16.5. The van der Waals surface area contributed by atoms with Crippen LogP contribution in [0.1, 0.15) is 155 Å². The van der Waals surface area contributed by atoms with Crippen molar-refractivity contribution in [3.05, 3.63) is 60.8 Å². The normalized spacial score (nSPS) is 14.3. The number of carbonyl (C=O) groups is 2. The number of hydrogen-bond acceptors (Lipinski definition) is 7. The van der Waals surface area contributed by atoms with Gasteiger partial charge in [0.1, 0.15) is 19.8 Å². The maximum absolute atomic E-state index is 12.6. The number of esters is 2. The first-order valence-electron chi connectivity index (χ1n) is 21.0. The third kappa shape index (κ3) is 39.4. The van der Waals surface area contributed by atoms with Crippen LogP contribution in [-0.4, -0.2) is 74.9 Å². The zero-order valence-corrected chi connectivity index (χ0v) is 35.8. The number of phosphoric acid groups is 1. The SMILES string of the molecule is CCCCC/C=C/C/C=C/C/C=C/C/C=C/C/C=C/CCC(=O)OC[C@@H](COP(=O)(O)OCC[N+](C)(C)C)OC(=O)CCCCCCCCCCCCC. The Kier molecular flexibility index (Phi) is 34.8. The summed E-state index contributed by atoms with van der Waals surface area (Å²) in [5, 5.41) is 0. The Balaban J connectivity index is 4.49. The summed E-state index contributed by atoms with van der Waals surface area (Å²) in [5.74, 6) is -0.899. The summed E-state index contributed by atoms with van der Waals surface area (Å²) in [6.07, 6.45) is 42.8. The molecule has 0 aliphatic rings. The first kappa shape index (κ1) is 51.7. The fraction of sp³-hybridized carbons (Fsp3) is 0.727. The molecule has 0 amide bonds. The summed E-state index contributed by atoms with van der Waals surface area (Å²) in [7, 11) is 1.43. The van der Waals surface area contributed by atoms with Crippen LogP contribution in [0.25, 0.3) is 0 Å². The van der Waals surface area contributed by atoms with Crippen LogP contribution in [0, 0.1) is 0 Å². The van der Waals surface area contributed by atoms with E-state index in [1.54, 1.807) is 0 Å². The number of phosphoric ester groups is 1. The summed E-state index contributed by atoms with van der Waals surface area (Å²) in [6.45, 7) is 4.28. The van der Waals surface area contributed by atoms with E-state index >= 15 is 0 Å². The molecule has 0 rings (SSSR count). The van der Waals surface area contributed by atoms with Crippen LogP contribution in [0.15, 0.2) is 60.8 Å². The van der Waals surface area contributed by atoms with Crippen molar-refractivity contribution >= 4 is 19.8 Å². The molecule has 312 valence electrons. The quantitative estimate of drug-likeness (QED) is 0.0218. The van der Waals surface area contributed by atoms with E-state index in [1.165, 1.54) is 70.6 Å². The second kappa shape index (κ2) is 36.4. The number of unbranched alkanes of at least 4 members (excludes halogenated alkanes) is 13. The zero-order valence-electron chi connectivity index (χ0n) is 34.9. The third-order valence-electron chi connectivity index (χ3n) is 8.56. The number of quaternary nitrogens is 1. The van der Waals surface area contributed by atoms with Gasteiger partial charge < -0.3 is 18.9 Å². The average molecular weight is 781 g/mol. The molecule has 0 aliphatic heterocycles. The van der Waals surface area contributed by atoms with Crippen molar-refractivity contribution in [2.45, 2.75) is 161 Å². The molecule has 0 aromatic heterocycles. The molecule has 0 spiro atoms. The molecule has 0 radical (unpaired) electrons. The standard InChI is InChI=1S/C44H78NO8P/c1-6-8-10-12-14-16-18-19-20-21-22-23-24-25-27-28-30-32-34-36-43(46)50-40-42(41-52-54(48,49)51-39-38-45(3,4)5)53-44(47)37-35-33-31-29-26-17-15-13-11-9-7-2/h14,16,19-20,22-23,25,27,30,32,42H,6-13,15,17-18,21,24,26,28-29,31,33-41H2,1-5H3/p+1/b16-14+,20-19+,23-22+,27-25+,32-30+/t42-/m0/s1. The summed E-state index contributed by atoms with van der Waals surface area (Å²) in [4.78, 5) is 35.2. The lowest BCUT2D eigenvalue weighted by atomic mass is 10.1. The molecular formula is C44H79NO8P+. The van der Waals surface area contributed by atoms with E-state index in [4.69, 9.17) is 18.5 Å². The van der Waals surface area contributed by atoms with Crippen LogP contribution in [0.2, 0.25) is 0 Å². The van der Waals surface area contributed by atoms with Gasteiger partial charge in [-0.05, 0) is 51.4 Å². The number of carbonyl (C=O) groups excluding carboxylic acids is 2. The minimum atomic E-state index is -4.39. The topological polar surface area (TPSA) is 108 Å². The third-order valence-corrected chi connectivity index (χ3v) is 9.55. The molecule has 0 saturated heterocycles. The number of hydrogen-bond donors (Lipinski definition) is 1. The predicted octanol–water partition coefficient (Wildman–Crippen LogP) is 11.7. The minimum Gasteiger partial charge on any atom is -0.462 e. The summed E-state index contributed by atoms with van der Waals surface area (Å²) in [5.41, 5.74) is 0. The molecule has 0 fully saturated rings. The first-order valence-corrected chi connectivity index (χ1v) is 22.5. The molecule has 54 heavy (non-hydrogen) atoms. The minimum absolute atomic E-state index is 0.0194. The number of ether oxygens (including phenoxy) is 2. The average Bonchev–Trinajstić information content (AvgIpc) is 3.12. The largest absolute Gasteiger partial charge is 0.472 e. The molecule has 0 heterocycles. The van der Waals surface area contributed by atoms with Gasteiger partial charge in [-0.2, -0.15) is 0 Å². The van der Waals surface area contributed by atoms with E-state index in [1.807, 2.05) is 33.3 Å². The molecular weight excluding hydrogens is 701 g/mol. The number of likely N-dealkylation sites (N-methyl/N-ethyl adjacent to an activating group) is 1. The van der Waals surface area contributed by atoms with E-state index in [-0.39, 0.29) is 26.1 Å². The van der Waals surface area contributed by atoms with Crippen LogP contribution in [0.4, 0.5) is 0 Å². The second-order valence-electron chi connectivity index (χ2n) is 15.0. The molecule has 0 bridgehead atoms. The summed E-state index contributed by atoms with van der Waals surface area (Å²) in [6, 6.07) is 0. The fourth-order valence-corrected chi connectivity index (χ4v) is 5.97. The van der Waals surface area contributed by atoms with Crippen LogP contribution in [0.5, 0.6) is 0 Å². The number of allylic oxidation sites excluding steroid dienone is 10. The van der Waals surface area contributed by atoms with Gasteiger partial charge in [-0.25, -0.2) is 4.57 Å². The lowest BCUT2D eigenvalue weighted by molar-refractivity contribution is -0.870. The van der Waals surface area contributed by atoms with Gasteiger partial charge in [-0.1, -0.05) is 152 Å². The highest BCUT2D eigenvalue weighted by molar-refractivity contribution is 7.47. The van der Waals surface area contributed by atoms with Crippen molar-refractivity contribution in [2.24, 2.45) is 0 Å². The Labute approximate surface area is 330 Å².